The number of anilines is 2. The van der Waals surface area contributed by atoms with Crippen LogP contribution in [0, 0.1) is 6.92 Å². The maximum Gasteiger partial charge on any atom is 0.319 e. The van der Waals surface area contributed by atoms with Crippen molar-refractivity contribution in [2.24, 2.45) is 0 Å². The van der Waals surface area contributed by atoms with Gasteiger partial charge in [-0.1, -0.05) is 6.08 Å². The molecule has 2 heterocycles. The number of rotatable bonds is 6. The van der Waals surface area contributed by atoms with Gasteiger partial charge in [0.25, 0.3) is 5.91 Å². The van der Waals surface area contributed by atoms with Crippen molar-refractivity contribution in [3.63, 3.8) is 0 Å². The lowest BCUT2D eigenvalue weighted by Gasteiger charge is -2.08. The summed E-state index contributed by atoms with van der Waals surface area (Å²) in [5.41, 5.74) is 3.00. The van der Waals surface area contributed by atoms with Gasteiger partial charge in [-0.15, -0.1) is 17.9 Å². The SMILES string of the molecule is C=CCNC(=O)Nc1ccc(NC(=O)c2sc(-c3ccsc3)nc2C)cc1. The lowest BCUT2D eigenvalue weighted by Crippen LogP contribution is -2.28. The number of hydrogen-bond donors (Lipinski definition) is 3. The number of hydrogen-bond acceptors (Lipinski definition) is 5. The number of benzene rings is 1. The van der Waals surface area contributed by atoms with Crippen molar-refractivity contribution in [3.8, 4) is 10.6 Å². The third-order valence-corrected chi connectivity index (χ3v) is 5.47. The summed E-state index contributed by atoms with van der Waals surface area (Å²) in [6.45, 7) is 5.76. The number of aromatic nitrogens is 1. The van der Waals surface area contributed by atoms with Crippen LogP contribution in [0.1, 0.15) is 15.4 Å². The molecule has 3 aromatic rings. The molecule has 0 bridgehead atoms. The lowest BCUT2D eigenvalue weighted by atomic mass is 10.2. The standard InChI is InChI=1S/C19H18N4O2S2/c1-3-9-20-19(25)23-15-6-4-14(5-7-15)22-17(24)16-12(2)21-18(27-16)13-8-10-26-11-13/h3-8,10-11H,1,9H2,2H3,(H,22,24)(H2,20,23,25). The van der Waals surface area contributed by atoms with E-state index < -0.39 is 0 Å². The van der Waals surface area contributed by atoms with E-state index in [1.54, 1.807) is 41.7 Å². The maximum atomic E-state index is 12.6. The van der Waals surface area contributed by atoms with E-state index in [0.29, 0.717) is 28.5 Å². The zero-order chi connectivity index (χ0) is 19.2. The molecular formula is C19H18N4O2S2. The van der Waals surface area contributed by atoms with E-state index in [2.05, 4.69) is 27.5 Å². The van der Waals surface area contributed by atoms with Crippen LogP contribution in [0.3, 0.4) is 0 Å². The minimum atomic E-state index is -0.312. The molecule has 27 heavy (non-hydrogen) atoms. The molecule has 0 aliphatic heterocycles. The first-order chi connectivity index (χ1) is 13.1. The summed E-state index contributed by atoms with van der Waals surface area (Å²) in [7, 11) is 0. The molecule has 0 unspecified atom stereocenters. The van der Waals surface area contributed by atoms with Crippen LogP contribution < -0.4 is 16.0 Å². The number of amides is 3. The first-order valence-electron chi connectivity index (χ1n) is 8.14. The highest BCUT2D eigenvalue weighted by Gasteiger charge is 2.16. The van der Waals surface area contributed by atoms with Crippen molar-refractivity contribution in [2.45, 2.75) is 6.92 Å². The summed E-state index contributed by atoms with van der Waals surface area (Å²) in [5.74, 6) is -0.198. The largest absolute Gasteiger partial charge is 0.334 e. The Hall–Kier alpha value is -2.97. The van der Waals surface area contributed by atoms with Crippen LogP contribution in [0.2, 0.25) is 0 Å². The summed E-state index contributed by atoms with van der Waals surface area (Å²) in [6.07, 6.45) is 1.60. The van der Waals surface area contributed by atoms with Crippen LogP contribution in [-0.4, -0.2) is 23.5 Å². The van der Waals surface area contributed by atoms with Crippen LogP contribution in [0.25, 0.3) is 10.6 Å². The Morgan fingerprint density at radius 2 is 1.85 bits per heavy atom. The summed E-state index contributed by atoms with van der Waals surface area (Å²) in [4.78, 5) is 29.3. The van der Waals surface area contributed by atoms with Crippen molar-refractivity contribution in [1.82, 2.24) is 10.3 Å². The number of urea groups is 1. The fraction of sp³-hybridized carbons (Fsp3) is 0.105. The smallest absolute Gasteiger partial charge is 0.319 e. The molecule has 6 nitrogen and oxygen atoms in total. The predicted octanol–water partition coefficient (Wildman–Crippen LogP) is 4.74. The Bertz CT molecular complexity index is 947. The summed E-state index contributed by atoms with van der Waals surface area (Å²) < 4.78 is 0. The molecule has 3 amide bonds. The Labute approximate surface area is 165 Å². The van der Waals surface area contributed by atoms with Gasteiger partial charge in [-0.05, 0) is 42.6 Å². The average molecular weight is 399 g/mol. The van der Waals surface area contributed by atoms with Crippen LogP contribution >= 0.6 is 22.7 Å². The Balaban J connectivity index is 1.64. The minimum Gasteiger partial charge on any atom is -0.334 e. The quantitative estimate of drug-likeness (QED) is 0.525. The van der Waals surface area contributed by atoms with E-state index in [0.717, 1.165) is 10.6 Å². The van der Waals surface area contributed by atoms with Gasteiger partial charge in [0, 0.05) is 28.9 Å². The Morgan fingerprint density at radius 3 is 2.48 bits per heavy atom. The maximum absolute atomic E-state index is 12.6. The number of carbonyl (C=O) groups is 2. The third-order valence-electron chi connectivity index (χ3n) is 3.58. The van der Waals surface area contributed by atoms with Crippen LogP contribution in [0.5, 0.6) is 0 Å². The van der Waals surface area contributed by atoms with E-state index in [-0.39, 0.29) is 11.9 Å². The molecule has 0 aliphatic carbocycles. The van der Waals surface area contributed by atoms with Crippen LogP contribution in [0.15, 0.2) is 53.7 Å². The number of nitrogens with zero attached hydrogens (tertiary/aromatic N) is 1. The van der Waals surface area contributed by atoms with Gasteiger partial charge in [0.2, 0.25) is 0 Å². The fourth-order valence-corrected chi connectivity index (χ4v) is 3.95. The number of thiophene rings is 1. The molecule has 0 saturated heterocycles. The third kappa shape index (κ3) is 4.81. The molecule has 3 N–H and O–H groups in total. The molecule has 0 atom stereocenters. The normalized spacial score (nSPS) is 10.3. The van der Waals surface area contributed by atoms with Gasteiger partial charge < -0.3 is 16.0 Å². The van der Waals surface area contributed by atoms with Crippen molar-refractivity contribution < 1.29 is 9.59 Å². The molecule has 0 radical (unpaired) electrons. The van der Waals surface area contributed by atoms with Gasteiger partial charge >= 0.3 is 6.03 Å². The summed E-state index contributed by atoms with van der Waals surface area (Å²) in [5, 5.41) is 13.0. The van der Waals surface area contributed by atoms with E-state index in [1.165, 1.54) is 11.3 Å². The number of thiazole rings is 1. The molecule has 0 saturated carbocycles. The average Bonchev–Trinajstić information content (AvgIpc) is 3.31. The first-order valence-corrected chi connectivity index (χ1v) is 9.90. The fourth-order valence-electron chi connectivity index (χ4n) is 2.28. The Morgan fingerprint density at radius 1 is 1.15 bits per heavy atom. The van der Waals surface area contributed by atoms with Crippen molar-refractivity contribution in [3.05, 3.63) is 64.3 Å². The minimum absolute atomic E-state index is 0.198. The van der Waals surface area contributed by atoms with E-state index >= 15 is 0 Å². The van der Waals surface area contributed by atoms with Crippen molar-refractivity contribution in [2.75, 3.05) is 17.2 Å². The predicted molar refractivity (Wildman–Crippen MR) is 112 cm³/mol. The highest BCUT2D eigenvalue weighted by molar-refractivity contribution is 7.17. The second-order valence-corrected chi connectivity index (χ2v) is 7.38. The first kappa shape index (κ1) is 18.8. The molecule has 1 aromatic carbocycles. The van der Waals surface area contributed by atoms with Crippen molar-refractivity contribution in [1.29, 1.82) is 0 Å². The summed E-state index contributed by atoms with van der Waals surface area (Å²) >= 11 is 2.97. The number of carbonyl (C=O) groups excluding carboxylic acids is 2. The summed E-state index contributed by atoms with van der Waals surface area (Å²) in [6, 6.07) is 8.59. The highest BCUT2D eigenvalue weighted by atomic mass is 32.1. The van der Waals surface area contributed by atoms with E-state index in [4.69, 9.17) is 0 Å². The lowest BCUT2D eigenvalue weighted by molar-refractivity contribution is 0.103. The number of aryl methyl sites for hydroxylation is 1. The van der Waals surface area contributed by atoms with E-state index in [1.807, 2.05) is 23.8 Å². The monoisotopic (exact) mass is 398 g/mol. The molecule has 3 rings (SSSR count). The van der Waals surface area contributed by atoms with Gasteiger partial charge in [0.05, 0.1) is 5.69 Å². The molecular weight excluding hydrogens is 380 g/mol. The van der Waals surface area contributed by atoms with Crippen LogP contribution in [0.4, 0.5) is 16.2 Å². The Kier molecular flexibility index (Phi) is 6.00. The van der Waals surface area contributed by atoms with Gasteiger partial charge in [0.1, 0.15) is 9.88 Å². The van der Waals surface area contributed by atoms with Crippen molar-refractivity contribution >= 4 is 46.0 Å². The van der Waals surface area contributed by atoms with Gasteiger partial charge in [-0.3, -0.25) is 4.79 Å². The zero-order valence-corrected chi connectivity index (χ0v) is 16.2. The molecule has 2 aromatic heterocycles. The molecule has 0 aliphatic rings. The number of nitrogens with one attached hydrogen (secondary N) is 3. The molecule has 0 spiro atoms. The zero-order valence-electron chi connectivity index (χ0n) is 14.6. The molecule has 8 heteroatoms. The highest BCUT2D eigenvalue weighted by Crippen LogP contribution is 2.30. The van der Waals surface area contributed by atoms with Gasteiger partial charge in [-0.25, -0.2) is 9.78 Å². The molecule has 138 valence electrons. The van der Waals surface area contributed by atoms with Gasteiger partial charge in [0.15, 0.2) is 0 Å². The second-order valence-electron chi connectivity index (χ2n) is 5.60. The van der Waals surface area contributed by atoms with Gasteiger partial charge in [-0.2, -0.15) is 11.3 Å². The van der Waals surface area contributed by atoms with Crippen LogP contribution in [-0.2, 0) is 0 Å². The second kappa shape index (κ2) is 8.61. The molecule has 0 fully saturated rings. The topological polar surface area (TPSA) is 83.1 Å². The van der Waals surface area contributed by atoms with E-state index in [9.17, 15) is 9.59 Å².